The summed E-state index contributed by atoms with van der Waals surface area (Å²) >= 11 is 0. The molecule has 142 valence electrons. The van der Waals surface area contributed by atoms with Crippen molar-refractivity contribution in [3.05, 3.63) is 66.0 Å². The molecule has 0 fully saturated rings. The Balaban J connectivity index is 2.03. The van der Waals surface area contributed by atoms with E-state index in [1.54, 1.807) is 29.3 Å². The highest BCUT2D eigenvalue weighted by atomic mass is 32.2. The number of carbonyl (C=O) groups is 1. The van der Waals surface area contributed by atoms with Gasteiger partial charge in [-0.05, 0) is 30.7 Å². The summed E-state index contributed by atoms with van der Waals surface area (Å²) in [6.07, 6.45) is 3.32. The van der Waals surface area contributed by atoms with Gasteiger partial charge in [-0.25, -0.2) is 13.4 Å². The van der Waals surface area contributed by atoms with E-state index in [0.717, 1.165) is 11.8 Å². The molecule has 7 nitrogen and oxygen atoms in total. The quantitative estimate of drug-likeness (QED) is 0.667. The highest BCUT2D eigenvalue weighted by Gasteiger charge is 2.26. The van der Waals surface area contributed by atoms with Gasteiger partial charge in [0.15, 0.2) is 5.69 Å². The van der Waals surface area contributed by atoms with Gasteiger partial charge in [-0.1, -0.05) is 36.4 Å². The molecule has 2 N–H and O–H groups in total. The van der Waals surface area contributed by atoms with Gasteiger partial charge in [0.25, 0.3) is 5.91 Å². The van der Waals surface area contributed by atoms with Crippen molar-refractivity contribution < 1.29 is 13.2 Å². The number of rotatable bonds is 7. The molecular formula is C19H22N4O3S. The van der Waals surface area contributed by atoms with E-state index in [1.165, 1.54) is 4.40 Å². The maximum absolute atomic E-state index is 13.2. The van der Waals surface area contributed by atoms with Crippen LogP contribution in [0.25, 0.3) is 5.52 Å². The predicted octanol–water partition coefficient (Wildman–Crippen LogP) is 1.73. The lowest BCUT2D eigenvalue weighted by Gasteiger charge is -2.22. The fraction of sp³-hybridized carbons (Fsp3) is 0.263. The molecule has 0 spiro atoms. The molecule has 0 radical (unpaired) electrons. The first-order chi connectivity index (χ1) is 12.9. The Bertz CT molecular complexity index is 1050. The van der Waals surface area contributed by atoms with Crippen molar-refractivity contribution in [2.45, 2.75) is 18.1 Å². The van der Waals surface area contributed by atoms with Crippen molar-refractivity contribution >= 4 is 21.3 Å². The van der Waals surface area contributed by atoms with E-state index < -0.39 is 9.84 Å². The first kappa shape index (κ1) is 19.1. The predicted molar refractivity (Wildman–Crippen MR) is 103 cm³/mol. The van der Waals surface area contributed by atoms with Crippen molar-refractivity contribution in [1.82, 2.24) is 14.3 Å². The number of amides is 1. The number of carbonyl (C=O) groups excluding carboxylic acids is 1. The van der Waals surface area contributed by atoms with E-state index in [1.807, 2.05) is 30.3 Å². The van der Waals surface area contributed by atoms with E-state index in [2.05, 4.69) is 4.98 Å². The topological polar surface area (TPSA) is 97.8 Å². The number of sulfone groups is 1. The van der Waals surface area contributed by atoms with Crippen molar-refractivity contribution in [3.8, 4) is 0 Å². The third-order valence-corrected chi connectivity index (χ3v) is 5.14. The molecule has 3 rings (SSSR count). The molecule has 2 aromatic heterocycles. The van der Waals surface area contributed by atoms with Crippen molar-refractivity contribution in [2.24, 2.45) is 5.73 Å². The van der Waals surface area contributed by atoms with Gasteiger partial charge < -0.3 is 10.6 Å². The summed E-state index contributed by atoms with van der Waals surface area (Å²) in [5, 5.41) is -0.139. The Morgan fingerprint density at radius 3 is 2.52 bits per heavy atom. The Morgan fingerprint density at radius 1 is 1.15 bits per heavy atom. The summed E-state index contributed by atoms with van der Waals surface area (Å²) in [5.74, 6) is -0.314. The van der Waals surface area contributed by atoms with Crippen LogP contribution in [0, 0.1) is 0 Å². The molecule has 27 heavy (non-hydrogen) atoms. The first-order valence-electron chi connectivity index (χ1n) is 8.62. The van der Waals surface area contributed by atoms with Gasteiger partial charge in [0.1, 0.15) is 0 Å². The van der Waals surface area contributed by atoms with Crippen LogP contribution in [0.5, 0.6) is 0 Å². The highest BCUT2D eigenvalue weighted by Crippen LogP contribution is 2.19. The molecule has 1 aromatic carbocycles. The summed E-state index contributed by atoms with van der Waals surface area (Å²) in [5.41, 5.74) is 7.20. The van der Waals surface area contributed by atoms with Crippen LogP contribution in [0.3, 0.4) is 0 Å². The van der Waals surface area contributed by atoms with Gasteiger partial charge in [-0.2, -0.15) is 0 Å². The fourth-order valence-electron chi connectivity index (χ4n) is 2.92. The second-order valence-electron chi connectivity index (χ2n) is 6.33. The van der Waals surface area contributed by atoms with E-state index in [4.69, 9.17) is 5.73 Å². The molecule has 0 aliphatic carbocycles. The minimum atomic E-state index is -3.58. The molecule has 0 bridgehead atoms. The van der Waals surface area contributed by atoms with Crippen molar-refractivity contribution in [2.75, 3.05) is 19.3 Å². The van der Waals surface area contributed by atoms with Crippen molar-refractivity contribution in [3.63, 3.8) is 0 Å². The second-order valence-corrected chi connectivity index (χ2v) is 8.24. The van der Waals surface area contributed by atoms with E-state index >= 15 is 0 Å². The van der Waals surface area contributed by atoms with Gasteiger partial charge in [0.05, 0.1) is 5.52 Å². The van der Waals surface area contributed by atoms with Gasteiger partial charge in [-0.3, -0.25) is 9.20 Å². The molecule has 1 amide bonds. The molecule has 8 heteroatoms. The summed E-state index contributed by atoms with van der Waals surface area (Å²) < 4.78 is 25.6. The zero-order valence-corrected chi connectivity index (χ0v) is 15.9. The first-order valence-corrected chi connectivity index (χ1v) is 10.5. The fourth-order valence-corrected chi connectivity index (χ4v) is 3.69. The number of fused-ring (bicyclic) bond motifs is 1. The molecule has 2 heterocycles. The third-order valence-electron chi connectivity index (χ3n) is 4.19. The molecular weight excluding hydrogens is 364 g/mol. The smallest absolute Gasteiger partial charge is 0.275 e. The molecule has 0 unspecified atom stereocenters. The lowest BCUT2D eigenvalue weighted by atomic mass is 10.2. The van der Waals surface area contributed by atoms with E-state index in [9.17, 15) is 13.2 Å². The average Bonchev–Trinajstić information content (AvgIpc) is 3.05. The lowest BCUT2D eigenvalue weighted by Crippen LogP contribution is -2.33. The van der Waals surface area contributed by atoms with Gasteiger partial charge >= 0.3 is 0 Å². The highest BCUT2D eigenvalue weighted by molar-refractivity contribution is 7.90. The number of benzene rings is 1. The second kappa shape index (κ2) is 7.89. The molecule has 0 aliphatic rings. The molecule has 3 aromatic rings. The van der Waals surface area contributed by atoms with Crippen LogP contribution >= 0.6 is 0 Å². The minimum absolute atomic E-state index is 0.129. The average molecular weight is 386 g/mol. The summed E-state index contributed by atoms with van der Waals surface area (Å²) in [4.78, 5) is 19.1. The number of imidazole rings is 1. The number of nitrogens with zero attached hydrogens (tertiary/aromatic N) is 3. The normalized spacial score (nSPS) is 11.6. The van der Waals surface area contributed by atoms with Crippen molar-refractivity contribution in [1.29, 1.82) is 0 Å². The van der Waals surface area contributed by atoms with Gasteiger partial charge in [0.2, 0.25) is 15.0 Å². The number of pyridine rings is 1. The van der Waals surface area contributed by atoms with E-state index in [-0.39, 0.29) is 16.8 Å². The Kier molecular flexibility index (Phi) is 5.57. The lowest BCUT2D eigenvalue weighted by molar-refractivity contribution is 0.0738. The summed E-state index contributed by atoms with van der Waals surface area (Å²) in [6.45, 7) is 1.32. The van der Waals surface area contributed by atoms with Crippen LogP contribution in [-0.4, -0.2) is 48.0 Å². The largest absolute Gasteiger partial charge is 0.333 e. The van der Waals surface area contributed by atoms with Crippen LogP contribution in [0.2, 0.25) is 0 Å². The monoisotopic (exact) mass is 386 g/mol. The summed E-state index contributed by atoms with van der Waals surface area (Å²) in [6, 6.07) is 14.8. The number of aromatic nitrogens is 2. The van der Waals surface area contributed by atoms with Crippen LogP contribution in [0.15, 0.2) is 59.9 Å². The molecule has 0 saturated heterocycles. The minimum Gasteiger partial charge on any atom is -0.333 e. The van der Waals surface area contributed by atoms with Gasteiger partial charge in [-0.15, -0.1) is 0 Å². The number of hydrogen-bond acceptors (Lipinski definition) is 5. The van der Waals surface area contributed by atoms with Crippen LogP contribution in [-0.2, 0) is 16.4 Å². The molecule has 0 atom stereocenters. The standard InChI is InChI=1S/C19H22N4O3S/c1-27(25,26)19-21-17(16-10-5-6-13-23(16)19)18(24)22(12-7-11-20)14-15-8-3-2-4-9-15/h2-6,8-10,13H,7,11-12,14,20H2,1H3. The van der Waals surface area contributed by atoms with Gasteiger partial charge in [0, 0.05) is 25.5 Å². The van der Waals surface area contributed by atoms with Crippen LogP contribution < -0.4 is 5.73 Å². The Labute approximate surface area is 158 Å². The van der Waals surface area contributed by atoms with Crippen LogP contribution in [0.4, 0.5) is 0 Å². The maximum atomic E-state index is 13.2. The van der Waals surface area contributed by atoms with E-state index in [0.29, 0.717) is 31.6 Å². The molecule has 0 aliphatic heterocycles. The Hall–Kier alpha value is -2.71. The Morgan fingerprint density at radius 2 is 1.85 bits per heavy atom. The summed E-state index contributed by atoms with van der Waals surface area (Å²) in [7, 11) is -3.58. The number of hydrogen-bond donors (Lipinski definition) is 1. The maximum Gasteiger partial charge on any atom is 0.275 e. The SMILES string of the molecule is CS(=O)(=O)c1nc(C(=O)N(CCCN)Cc2ccccc2)c2ccccn12. The zero-order chi connectivity index (χ0) is 19.4. The van der Waals surface area contributed by atoms with Crippen LogP contribution in [0.1, 0.15) is 22.5 Å². The zero-order valence-electron chi connectivity index (χ0n) is 15.1. The molecule has 0 saturated carbocycles. The third kappa shape index (κ3) is 4.17. The number of nitrogens with two attached hydrogens (primary N) is 1.